The molecule has 0 unspecified atom stereocenters. The van der Waals surface area contributed by atoms with Crippen molar-refractivity contribution in [3.05, 3.63) is 70.8 Å². The van der Waals surface area contributed by atoms with Gasteiger partial charge in [-0.15, -0.1) is 0 Å². The van der Waals surface area contributed by atoms with Gasteiger partial charge in [0.05, 0.1) is 17.6 Å². The molecule has 0 bridgehead atoms. The Hall–Kier alpha value is -3.28. The molecule has 3 aliphatic rings. The van der Waals surface area contributed by atoms with Crippen LogP contribution < -0.4 is 15.2 Å². The predicted molar refractivity (Wildman–Crippen MR) is 101 cm³/mol. The molecule has 2 aliphatic heterocycles. The van der Waals surface area contributed by atoms with Crippen molar-refractivity contribution < 1.29 is 9.47 Å². The molecule has 6 heteroatoms. The maximum Gasteiger partial charge on any atom is 0.231 e. The summed E-state index contributed by atoms with van der Waals surface area (Å²) in [6.07, 6.45) is 5.09. The van der Waals surface area contributed by atoms with Gasteiger partial charge < -0.3 is 15.2 Å². The summed E-state index contributed by atoms with van der Waals surface area (Å²) >= 11 is 0. The fourth-order valence-corrected chi connectivity index (χ4v) is 3.81. The highest BCUT2D eigenvalue weighted by Gasteiger charge is 2.31. The van der Waals surface area contributed by atoms with Gasteiger partial charge in [-0.05, 0) is 42.7 Å². The Morgan fingerprint density at radius 2 is 1.81 bits per heavy atom. The van der Waals surface area contributed by atoms with Crippen molar-refractivity contribution in [2.45, 2.75) is 25.2 Å². The predicted octanol–water partition coefficient (Wildman–Crippen LogP) is 3.28. The molecule has 2 aromatic carbocycles. The molecule has 0 spiro atoms. The van der Waals surface area contributed by atoms with Gasteiger partial charge in [-0.3, -0.25) is 0 Å². The van der Waals surface area contributed by atoms with Gasteiger partial charge in [0.15, 0.2) is 11.5 Å². The normalized spacial score (nSPS) is 17.1. The zero-order valence-corrected chi connectivity index (χ0v) is 14.7. The number of hydrogen-bond acceptors (Lipinski definition) is 5. The summed E-state index contributed by atoms with van der Waals surface area (Å²) in [6, 6.07) is 12.0. The van der Waals surface area contributed by atoms with Crippen molar-refractivity contribution in [2.75, 3.05) is 12.5 Å². The number of anilines is 1. The van der Waals surface area contributed by atoms with Crippen molar-refractivity contribution >= 4 is 11.4 Å². The molecule has 134 valence electrons. The van der Waals surface area contributed by atoms with Gasteiger partial charge in [-0.25, -0.2) is 9.66 Å². The summed E-state index contributed by atoms with van der Waals surface area (Å²) in [5, 5.41) is 5.06. The highest BCUT2D eigenvalue weighted by molar-refractivity contribution is 6.14. The lowest BCUT2D eigenvalue weighted by molar-refractivity contribution is 0.174. The summed E-state index contributed by atoms with van der Waals surface area (Å²) in [5.74, 6) is 3.14. The van der Waals surface area contributed by atoms with E-state index in [1.54, 1.807) is 0 Å². The fraction of sp³-hybridized carbons (Fsp3) is 0.238. The topological polar surface area (TPSA) is 74.7 Å². The second-order valence-corrected chi connectivity index (χ2v) is 7.30. The van der Waals surface area contributed by atoms with Crippen molar-refractivity contribution in [3.8, 4) is 11.5 Å². The molecular formula is C21H18N4O2. The SMILES string of the molecule is Nc1ccc(C2=Nn3c(cnc3C3CC3)Cc3cc4c(cc32)OCO4)cc1. The Bertz CT molecular complexity index is 1090. The number of rotatable bonds is 2. The lowest BCUT2D eigenvalue weighted by Gasteiger charge is -2.11. The average Bonchev–Trinajstić information content (AvgIpc) is 3.33. The van der Waals surface area contributed by atoms with Gasteiger partial charge in [0.2, 0.25) is 6.79 Å². The molecule has 1 aromatic heterocycles. The molecule has 3 heterocycles. The Morgan fingerprint density at radius 3 is 2.59 bits per heavy atom. The molecule has 1 aliphatic carbocycles. The zero-order valence-electron chi connectivity index (χ0n) is 14.7. The first kappa shape index (κ1) is 14.8. The molecule has 6 nitrogen and oxygen atoms in total. The highest BCUT2D eigenvalue weighted by Crippen LogP contribution is 2.42. The Balaban J connectivity index is 1.60. The number of nitrogen functional groups attached to an aromatic ring is 1. The van der Waals surface area contributed by atoms with Crippen LogP contribution in [0.4, 0.5) is 5.69 Å². The second kappa shape index (κ2) is 5.36. The van der Waals surface area contributed by atoms with Gasteiger partial charge in [0, 0.05) is 29.2 Å². The molecule has 27 heavy (non-hydrogen) atoms. The smallest absolute Gasteiger partial charge is 0.231 e. The number of ether oxygens (including phenoxy) is 2. The monoisotopic (exact) mass is 358 g/mol. The Labute approximate surface area is 156 Å². The van der Waals surface area contributed by atoms with Crippen molar-refractivity contribution in [1.82, 2.24) is 9.66 Å². The summed E-state index contributed by atoms with van der Waals surface area (Å²) < 4.78 is 13.3. The number of benzene rings is 2. The minimum Gasteiger partial charge on any atom is -0.454 e. The highest BCUT2D eigenvalue weighted by atomic mass is 16.7. The van der Waals surface area contributed by atoms with Crippen LogP contribution >= 0.6 is 0 Å². The van der Waals surface area contributed by atoms with Crippen LogP contribution in [0.5, 0.6) is 11.5 Å². The first-order valence-electron chi connectivity index (χ1n) is 9.20. The number of aromatic nitrogens is 2. The van der Waals surface area contributed by atoms with Gasteiger partial charge in [-0.2, -0.15) is 5.10 Å². The largest absolute Gasteiger partial charge is 0.454 e. The minimum atomic E-state index is 0.260. The number of nitrogens with zero attached hydrogens (tertiary/aromatic N) is 3. The Morgan fingerprint density at radius 1 is 1.04 bits per heavy atom. The van der Waals surface area contributed by atoms with E-state index in [-0.39, 0.29) is 6.79 Å². The van der Waals surface area contributed by atoms with E-state index in [1.165, 1.54) is 12.8 Å². The standard InChI is InChI=1S/C21H18N4O2/c22-15-5-3-12(4-6-15)20-17-9-19-18(26-11-27-19)8-14(17)7-16-10-23-21(13-1-2-13)25(16)24-20/h3-6,8-10,13H,1-2,7,11,22H2. The molecule has 2 N–H and O–H groups in total. The van der Waals surface area contributed by atoms with E-state index in [0.29, 0.717) is 5.92 Å². The molecule has 0 saturated heterocycles. The summed E-state index contributed by atoms with van der Waals surface area (Å²) in [4.78, 5) is 4.67. The molecular weight excluding hydrogens is 340 g/mol. The lowest BCUT2D eigenvalue weighted by Crippen LogP contribution is -2.08. The number of imidazole rings is 1. The minimum absolute atomic E-state index is 0.260. The molecule has 0 radical (unpaired) electrons. The molecule has 6 rings (SSSR count). The van der Waals surface area contributed by atoms with E-state index >= 15 is 0 Å². The van der Waals surface area contributed by atoms with E-state index in [2.05, 4.69) is 11.1 Å². The first-order valence-corrected chi connectivity index (χ1v) is 9.20. The Kier molecular flexibility index (Phi) is 2.95. The van der Waals surface area contributed by atoms with E-state index in [0.717, 1.165) is 57.5 Å². The molecule has 1 saturated carbocycles. The number of hydrogen-bond donors (Lipinski definition) is 1. The van der Waals surface area contributed by atoms with Crippen LogP contribution in [0, 0.1) is 0 Å². The van der Waals surface area contributed by atoms with Crippen molar-refractivity contribution in [3.63, 3.8) is 0 Å². The quantitative estimate of drug-likeness (QED) is 0.558. The second-order valence-electron chi connectivity index (χ2n) is 7.30. The summed E-state index contributed by atoms with van der Waals surface area (Å²) in [5.41, 5.74) is 11.9. The van der Waals surface area contributed by atoms with Crippen molar-refractivity contribution in [1.29, 1.82) is 0 Å². The zero-order chi connectivity index (χ0) is 18.0. The van der Waals surface area contributed by atoms with Crippen LogP contribution in [0.25, 0.3) is 0 Å². The van der Waals surface area contributed by atoms with E-state index in [4.69, 9.17) is 20.3 Å². The van der Waals surface area contributed by atoms with Crippen LogP contribution in [0.15, 0.2) is 47.7 Å². The third-order valence-electron chi connectivity index (χ3n) is 5.39. The lowest BCUT2D eigenvalue weighted by atomic mass is 9.95. The summed E-state index contributed by atoms with van der Waals surface area (Å²) in [6.45, 7) is 0.260. The van der Waals surface area contributed by atoms with Gasteiger partial charge in [-0.1, -0.05) is 12.1 Å². The molecule has 3 aromatic rings. The maximum atomic E-state index is 5.90. The van der Waals surface area contributed by atoms with Gasteiger partial charge in [0.1, 0.15) is 5.82 Å². The first-order chi connectivity index (χ1) is 13.3. The van der Waals surface area contributed by atoms with Gasteiger partial charge in [0.25, 0.3) is 0 Å². The van der Waals surface area contributed by atoms with Crippen LogP contribution in [0.3, 0.4) is 0 Å². The number of nitrogens with two attached hydrogens (primary N) is 1. The molecule has 1 fully saturated rings. The summed E-state index contributed by atoms with van der Waals surface area (Å²) in [7, 11) is 0. The van der Waals surface area contributed by atoms with E-state index in [1.807, 2.05) is 41.2 Å². The van der Waals surface area contributed by atoms with Gasteiger partial charge >= 0.3 is 0 Å². The molecule has 0 atom stereocenters. The fourth-order valence-electron chi connectivity index (χ4n) is 3.81. The molecule has 0 amide bonds. The number of fused-ring (bicyclic) bond motifs is 3. The average molecular weight is 358 g/mol. The van der Waals surface area contributed by atoms with Crippen LogP contribution in [0.1, 0.15) is 47.0 Å². The van der Waals surface area contributed by atoms with Crippen molar-refractivity contribution in [2.24, 2.45) is 5.10 Å². The maximum absolute atomic E-state index is 5.90. The van der Waals surface area contributed by atoms with Crippen LogP contribution in [-0.4, -0.2) is 22.2 Å². The third kappa shape index (κ3) is 2.33. The van der Waals surface area contributed by atoms with E-state index in [9.17, 15) is 0 Å². The third-order valence-corrected chi connectivity index (χ3v) is 5.39. The van der Waals surface area contributed by atoms with Crippen LogP contribution in [-0.2, 0) is 6.42 Å². The van der Waals surface area contributed by atoms with Crippen LogP contribution in [0.2, 0.25) is 0 Å². The van der Waals surface area contributed by atoms with E-state index < -0.39 is 0 Å².